The Morgan fingerprint density at radius 3 is 2.33 bits per heavy atom. The molecule has 0 saturated carbocycles. The molecule has 0 aliphatic carbocycles. The van der Waals surface area contributed by atoms with E-state index < -0.39 is 54.6 Å². The van der Waals surface area contributed by atoms with Gasteiger partial charge in [0.15, 0.2) is 12.6 Å². The van der Waals surface area contributed by atoms with E-state index in [1.807, 2.05) is 44.2 Å². The molecule has 5 rings (SSSR count). The summed E-state index contributed by atoms with van der Waals surface area (Å²) in [4.78, 5) is 23.2. The van der Waals surface area contributed by atoms with Crippen LogP contribution in [-0.2, 0) is 35.2 Å². The molecule has 13 nitrogen and oxygen atoms in total. The van der Waals surface area contributed by atoms with E-state index in [4.69, 9.17) is 23.5 Å². The second-order valence-corrected chi connectivity index (χ2v) is 16.1. The summed E-state index contributed by atoms with van der Waals surface area (Å²) in [6.45, 7) is 4.23. The number of ether oxygens (including phenoxy) is 4. The topological polar surface area (TPSA) is 170 Å². The SMILES string of the molecule is CC(C)CN(C[C@@H](O)[C@H](Cc1ccccc1)NC(=O)O[C@H]1CO[C@H]2OCC[C@H]21)S(=O)(=O)c1ccc(OCP(=O)(O)Oc2ccccc2)cc1. The predicted octanol–water partition coefficient (Wildman–Crippen LogP) is 4.39. The molecule has 3 aromatic carbocycles. The summed E-state index contributed by atoms with van der Waals surface area (Å²) in [5.74, 6) is 0.212. The van der Waals surface area contributed by atoms with Gasteiger partial charge in [-0.15, -0.1) is 0 Å². The first-order chi connectivity index (χ1) is 23.4. The maximum atomic E-state index is 13.9. The van der Waals surface area contributed by atoms with E-state index in [-0.39, 0.29) is 54.3 Å². The summed E-state index contributed by atoms with van der Waals surface area (Å²) >= 11 is 0. The number of aliphatic hydroxyl groups excluding tert-OH is 1. The van der Waals surface area contributed by atoms with Gasteiger partial charge in [0.05, 0.1) is 36.2 Å². The molecule has 1 amide bonds. The number of benzene rings is 3. The van der Waals surface area contributed by atoms with Crippen molar-refractivity contribution in [1.82, 2.24) is 9.62 Å². The van der Waals surface area contributed by atoms with Crippen molar-refractivity contribution in [1.29, 1.82) is 0 Å². The quantitative estimate of drug-likeness (QED) is 0.180. The maximum absolute atomic E-state index is 13.9. The Bertz CT molecular complexity index is 1660. The van der Waals surface area contributed by atoms with Crippen molar-refractivity contribution in [2.45, 2.75) is 56.1 Å². The average molecular weight is 719 g/mol. The molecule has 0 aromatic heterocycles. The lowest BCUT2D eigenvalue weighted by Gasteiger charge is -2.31. The number of nitrogens with zero attached hydrogens (tertiary/aromatic N) is 1. The molecule has 15 heteroatoms. The van der Waals surface area contributed by atoms with Gasteiger partial charge >= 0.3 is 13.7 Å². The third-order valence-electron chi connectivity index (χ3n) is 8.12. The van der Waals surface area contributed by atoms with Crippen molar-refractivity contribution < 1.29 is 51.2 Å². The summed E-state index contributed by atoms with van der Waals surface area (Å²) in [7, 11) is -8.30. The fourth-order valence-corrected chi connectivity index (χ4v) is 8.16. The zero-order valence-corrected chi connectivity index (χ0v) is 29.1. The highest BCUT2D eigenvalue weighted by Gasteiger charge is 2.44. The maximum Gasteiger partial charge on any atom is 0.413 e. The fraction of sp³-hybridized carbons (Fsp3) is 0.441. The summed E-state index contributed by atoms with van der Waals surface area (Å²) < 4.78 is 68.8. The second-order valence-electron chi connectivity index (χ2n) is 12.5. The van der Waals surface area contributed by atoms with Crippen LogP contribution >= 0.6 is 7.60 Å². The summed E-state index contributed by atoms with van der Waals surface area (Å²) in [5.41, 5.74) is 0.829. The minimum Gasteiger partial charge on any atom is -0.480 e. The Morgan fingerprint density at radius 1 is 0.980 bits per heavy atom. The van der Waals surface area contributed by atoms with E-state index in [1.54, 1.807) is 30.3 Å². The first-order valence-corrected chi connectivity index (χ1v) is 19.3. The summed E-state index contributed by atoms with van der Waals surface area (Å²) in [6.07, 6.45) is -2.67. The van der Waals surface area contributed by atoms with Crippen LogP contribution in [-0.4, -0.2) is 86.0 Å². The fourth-order valence-electron chi connectivity index (χ4n) is 5.72. The number of rotatable bonds is 16. The third-order valence-corrected chi connectivity index (χ3v) is 10.9. The normalized spacial score (nSPS) is 21.5. The number of hydrogen-bond acceptors (Lipinski definition) is 10. The van der Waals surface area contributed by atoms with Gasteiger partial charge in [-0.25, -0.2) is 17.8 Å². The van der Waals surface area contributed by atoms with Crippen molar-refractivity contribution in [2.24, 2.45) is 11.8 Å². The Hall–Kier alpha value is -3.49. The van der Waals surface area contributed by atoms with Crippen molar-refractivity contribution >= 4 is 23.7 Å². The Labute approximate surface area is 286 Å². The van der Waals surface area contributed by atoms with Crippen LogP contribution in [0.3, 0.4) is 0 Å². The molecule has 2 saturated heterocycles. The van der Waals surface area contributed by atoms with Gasteiger partial charge < -0.3 is 38.8 Å². The van der Waals surface area contributed by atoms with Gasteiger partial charge in [0.2, 0.25) is 10.0 Å². The van der Waals surface area contributed by atoms with E-state index in [0.717, 1.165) is 5.56 Å². The van der Waals surface area contributed by atoms with E-state index in [9.17, 15) is 27.8 Å². The molecule has 2 aliphatic rings. The molecule has 2 heterocycles. The van der Waals surface area contributed by atoms with Crippen molar-refractivity contribution in [3.8, 4) is 11.5 Å². The molecule has 0 radical (unpaired) electrons. The van der Waals surface area contributed by atoms with E-state index >= 15 is 0 Å². The molecule has 0 bridgehead atoms. The molecule has 1 unspecified atom stereocenters. The standard InChI is InChI=1S/C34H43N2O11PS/c1-24(2)20-36(49(41,42)28-15-13-26(14-16-28)45-23-48(39,40)47-27-11-7-4-8-12-27)21-31(37)30(19-25-9-5-3-6-10-25)35-34(38)46-32-22-44-33-29(32)17-18-43-33/h3-16,24,29-33,37H,17-23H2,1-2H3,(H,35,38)(H,39,40)/t29-,30-,31+,32-,33+/m0/s1. The minimum atomic E-state index is -4.16. The largest absolute Gasteiger partial charge is 0.480 e. The van der Waals surface area contributed by atoms with Crippen LogP contribution in [0.15, 0.2) is 89.8 Å². The van der Waals surface area contributed by atoms with Crippen molar-refractivity contribution in [2.75, 3.05) is 32.7 Å². The number of carbonyl (C=O) groups is 1. The predicted molar refractivity (Wildman–Crippen MR) is 180 cm³/mol. The average Bonchev–Trinajstić information content (AvgIpc) is 3.69. The van der Waals surface area contributed by atoms with E-state index in [0.29, 0.717) is 13.0 Å². The summed E-state index contributed by atoms with van der Waals surface area (Å²) in [5, 5.41) is 14.3. The second kappa shape index (κ2) is 16.5. The van der Waals surface area contributed by atoms with Crippen LogP contribution in [0.25, 0.3) is 0 Å². The number of para-hydroxylation sites is 1. The lowest BCUT2D eigenvalue weighted by molar-refractivity contribution is -0.0907. The van der Waals surface area contributed by atoms with Gasteiger partial charge in [-0.2, -0.15) is 4.31 Å². The molecule has 3 N–H and O–H groups in total. The van der Waals surface area contributed by atoms with Gasteiger partial charge in [-0.05, 0) is 60.7 Å². The molecule has 49 heavy (non-hydrogen) atoms. The van der Waals surface area contributed by atoms with Crippen LogP contribution in [0.4, 0.5) is 4.79 Å². The van der Waals surface area contributed by atoms with Crippen LogP contribution < -0.4 is 14.6 Å². The number of carbonyl (C=O) groups excluding carboxylic acids is 1. The van der Waals surface area contributed by atoms with E-state index in [1.165, 1.54) is 28.6 Å². The molecular formula is C34H43N2O11PS. The number of alkyl carbamates (subject to hydrolysis) is 1. The highest BCUT2D eigenvalue weighted by Crippen LogP contribution is 2.42. The zero-order valence-electron chi connectivity index (χ0n) is 27.4. The summed E-state index contributed by atoms with van der Waals surface area (Å²) in [6, 6.07) is 21.9. The van der Waals surface area contributed by atoms with Crippen LogP contribution in [0.5, 0.6) is 11.5 Å². The van der Waals surface area contributed by atoms with Crippen molar-refractivity contribution in [3.05, 3.63) is 90.5 Å². The first kappa shape index (κ1) is 36.8. The van der Waals surface area contributed by atoms with Crippen LogP contribution in [0.2, 0.25) is 0 Å². The zero-order chi connectivity index (χ0) is 35.0. The molecule has 3 aromatic rings. The van der Waals surface area contributed by atoms with Gasteiger partial charge in [-0.1, -0.05) is 62.4 Å². The lowest BCUT2D eigenvalue weighted by atomic mass is 10.0. The number of amides is 1. The molecule has 6 atom stereocenters. The highest BCUT2D eigenvalue weighted by atomic mass is 32.2. The Morgan fingerprint density at radius 2 is 1.65 bits per heavy atom. The van der Waals surface area contributed by atoms with Crippen molar-refractivity contribution in [3.63, 3.8) is 0 Å². The Balaban J connectivity index is 1.26. The lowest BCUT2D eigenvalue weighted by Crippen LogP contribution is -2.51. The number of sulfonamides is 1. The van der Waals surface area contributed by atoms with Gasteiger partial charge in [-0.3, -0.25) is 0 Å². The number of nitrogens with one attached hydrogen (secondary N) is 1. The van der Waals surface area contributed by atoms with Crippen LogP contribution in [0, 0.1) is 11.8 Å². The van der Waals surface area contributed by atoms with Gasteiger partial charge in [0.25, 0.3) is 0 Å². The molecule has 0 spiro atoms. The highest BCUT2D eigenvalue weighted by molar-refractivity contribution is 7.89. The molecular weight excluding hydrogens is 675 g/mol. The van der Waals surface area contributed by atoms with Crippen LogP contribution in [0.1, 0.15) is 25.8 Å². The molecule has 2 fully saturated rings. The minimum absolute atomic E-state index is 0.0671. The van der Waals surface area contributed by atoms with E-state index in [2.05, 4.69) is 5.32 Å². The first-order valence-electron chi connectivity index (χ1n) is 16.1. The monoisotopic (exact) mass is 718 g/mol. The molecule has 266 valence electrons. The molecule has 2 aliphatic heterocycles. The third kappa shape index (κ3) is 10.3. The smallest absolute Gasteiger partial charge is 0.413 e. The number of aliphatic hydroxyl groups is 1. The number of fused-ring (bicyclic) bond motifs is 1. The number of hydrogen-bond donors (Lipinski definition) is 3. The van der Waals surface area contributed by atoms with Gasteiger partial charge in [0, 0.05) is 13.1 Å². The van der Waals surface area contributed by atoms with Gasteiger partial charge in [0.1, 0.15) is 17.6 Å². The Kier molecular flexibility index (Phi) is 12.4.